The summed E-state index contributed by atoms with van der Waals surface area (Å²) < 4.78 is 16.3. The summed E-state index contributed by atoms with van der Waals surface area (Å²) in [6, 6.07) is 12.8. The van der Waals surface area contributed by atoms with Crippen molar-refractivity contribution < 1.29 is 18.8 Å². The Morgan fingerprint density at radius 2 is 1.90 bits per heavy atom. The Bertz CT molecular complexity index is 918. The second-order valence-electron chi connectivity index (χ2n) is 7.25. The van der Waals surface area contributed by atoms with E-state index in [2.05, 4.69) is 20.4 Å². The van der Waals surface area contributed by atoms with Crippen molar-refractivity contribution in [2.24, 2.45) is 0 Å². The van der Waals surface area contributed by atoms with Crippen molar-refractivity contribution in [1.29, 1.82) is 0 Å². The fourth-order valence-corrected chi connectivity index (χ4v) is 2.38. The van der Waals surface area contributed by atoms with Crippen LogP contribution >= 0.6 is 0 Å². The van der Waals surface area contributed by atoms with E-state index in [1.165, 1.54) is 6.20 Å². The quantitative estimate of drug-likeness (QED) is 0.583. The Labute approximate surface area is 169 Å². The Hall–Kier alpha value is -3.26. The third-order valence-electron chi connectivity index (χ3n) is 3.77. The van der Waals surface area contributed by atoms with Crippen LogP contribution in [0.5, 0.6) is 5.88 Å². The van der Waals surface area contributed by atoms with Gasteiger partial charge in [-0.2, -0.15) is 4.98 Å². The number of aromatic nitrogens is 3. The smallest absolute Gasteiger partial charge is 0.253 e. The minimum absolute atomic E-state index is 0.126. The van der Waals surface area contributed by atoms with Crippen molar-refractivity contribution in [3.63, 3.8) is 0 Å². The molecular weight excluding hydrogens is 372 g/mol. The van der Waals surface area contributed by atoms with Crippen molar-refractivity contribution in [3.05, 3.63) is 60.1 Å². The van der Waals surface area contributed by atoms with E-state index in [0.29, 0.717) is 36.4 Å². The van der Waals surface area contributed by atoms with E-state index in [1.807, 2.05) is 51.1 Å². The highest BCUT2D eigenvalue weighted by Crippen LogP contribution is 2.15. The molecule has 0 bridgehead atoms. The van der Waals surface area contributed by atoms with E-state index in [9.17, 15) is 4.79 Å². The highest BCUT2D eigenvalue weighted by molar-refractivity contribution is 5.93. The summed E-state index contributed by atoms with van der Waals surface area (Å²) in [5.74, 6) is 0.945. The van der Waals surface area contributed by atoms with Gasteiger partial charge in [-0.15, -0.1) is 0 Å². The van der Waals surface area contributed by atoms with Crippen LogP contribution in [0.25, 0.3) is 11.4 Å². The molecular formula is C21H24N4O4. The molecule has 0 aliphatic rings. The molecule has 29 heavy (non-hydrogen) atoms. The Kier molecular flexibility index (Phi) is 6.56. The fraction of sp³-hybridized carbons (Fsp3) is 0.333. The Balaban J connectivity index is 1.47. The molecule has 3 rings (SSSR count). The molecule has 0 unspecified atom stereocenters. The third-order valence-corrected chi connectivity index (χ3v) is 3.77. The van der Waals surface area contributed by atoms with Crippen LogP contribution in [0.1, 0.15) is 37.0 Å². The Morgan fingerprint density at radius 1 is 1.10 bits per heavy atom. The van der Waals surface area contributed by atoms with Gasteiger partial charge in [0.15, 0.2) is 0 Å². The van der Waals surface area contributed by atoms with E-state index >= 15 is 0 Å². The van der Waals surface area contributed by atoms with E-state index < -0.39 is 0 Å². The molecule has 8 nitrogen and oxygen atoms in total. The molecule has 2 heterocycles. The largest absolute Gasteiger partial charge is 0.475 e. The lowest BCUT2D eigenvalue weighted by atomic mass is 10.2. The number of rotatable bonds is 8. The van der Waals surface area contributed by atoms with Gasteiger partial charge in [0, 0.05) is 17.8 Å². The van der Waals surface area contributed by atoms with Gasteiger partial charge in [0.25, 0.3) is 5.91 Å². The summed E-state index contributed by atoms with van der Waals surface area (Å²) in [6.07, 6.45) is 1.46. The SMILES string of the molecule is CC(C)(C)OCCOc1ccc(C(=O)NCc2nc(-c3ccccc3)no2)cn1. The van der Waals surface area contributed by atoms with Crippen molar-refractivity contribution in [1.82, 2.24) is 20.4 Å². The molecule has 2 aromatic heterocycles. The van der Waals surface area contributed by atoms with Gasteiger partial charge < -0.3 is 19.3 Å². The van der Waals surface area contributed by atoms with Crippen molar-refractivity contribution in [3.8, 4) is 17.3 Å². The fourth-order valence-electron chi connectivity index (χ4n) is 2.38. The lowest BCUT2D eigenvalue weighted by molar-refractivity contribution is -0.0168. The van der Waals surface area contributed by atoms with Gasteiger partial charge in [-0.25, -0.2) is 4.98 Å². The molecule has 3 aromatic rings. The number of nitrogens with zero attached hydrogens (tertiary/aromatic N) is 3. The standard InChI is InChI=1S/C21H24N4O4/c1-21(2,3)28-12-11-27-17-10-9-16(13-22-17)20(26)23-14-18-24-19(25-29-18)15-7-5-4-6-8-15/h4-10,13H,11-12,14H2,1-3H3,(H,23,26). The maximum absolute atomic E-state index is 12.3. The van der Waals surface area contributed by atoms with Crippen LogP contribution < -0.4 is 10.1 Å². The molecule has 8 heteroatoms. The first-order chi connectivity index (χ1) is 13.9. The van der Waals surface area contributed by atoms with Gasteiger partial charge in [-0.05, 0) is 26.8 Å². The maximum Gasteiger partial charge on any atom is 0.253 e. The lowest BCUT2D eigenvalue weighted by Crippen LogP contribution is -2.23. The molecule has 0 saturated heterocycles. The van der Waals surface area contributed by atoms with Gasteiger partial charge in [0.1, 0.15) is 6.61 Å². The third kappa shape index (κ3) is 6.39. The minimum atomic E-state index is -0.292. The minimum Gasteiger partial charge on any atom is -0.475 e. The van der Waals surface area contributed by atoms with Crippen LogP contribution in [-0.4, -0.2) is 39.8 Å². The van der Waals surface area contributed by atoms with Gasteiger partial charge in [0.2, 0.25) is 17.6 Å². The van der Waals surface area contributed by atoms with Crippen molar-refractivity contribution >= 4 is 5.91 Å². The number of pyridine rings is 1. The summed E-state index contributed by atoms with van der Waals surface area (Å²) in [6.45, 7) is 6.92. The molecule has 0 spiro atoms. The summed E-state index contributed by atoms with van der Waals surface area (Å²) in [5, 5.41) is 6.66. The van der Waals surface area contributed by atoms with E-state index in [4.69, 9.17) is 14.0 Å². The normalized spacial score (nSPS) is 11.3. The molecule has 0 fully saturated rings. The van der Waals surface area contributed by atoms with E-state index in [-0.39, 0.29) is 18.1 Å². The predicted molar refractivity (Wildman–Crippen MR) is 106 cm³/mol. The molecule has 0 aliphatic heterocycles. The molecule has 0 aliphatic carbocycles. The summed E-state index contributed by atoms with van der Waals surface area (Å²) in [5.41, 5.74) is 1.05. The topological polar surface area (TPSA) is 99.4 Å². The number of carbonyl (C=O) groups excluding carboxylic acids is 1. The number of nitrogens with one attached hydrogen (secondary N) is 1. The van der Waals surface area contributed by atoms with Crippen molar-refractivity contribution in [2.75, 3.05) is 13.2 Å². The molecule has 0 radical (unpaired) electrons. The van der Waals surface area contributed by atoms with Crippen molar-refractivity contribution in [2.45, 2.75) is 32.9 Å². The molecule has 152 valence electrons. The molecule has 0 saturated carbocycles. The first-order valence-corrected chi connectivity index (χ1v) is 9.30. The lowest BCUT2D eigenvalue weighted by Gasteiger charge is -2.19. The summed E-state index contributed by atoms with van der Waals surface area (Å²) >= 11 is 0. The molecule has 1 N–H and O–H groups in total. The van der Waals surface area contributed by atoms with Crippen LogP contribution in [0.4, 0.5) is 0 Å². The van der Waals surface area contributed by atoms with Crippen LogP contribution in [0, 0.1) is 0 Å². The van der Waals surface area contributed by atoms with Crippen LogP contribution in [0.2, 0.25) is 0 Å². The highest BCUT2D eigenvalue weighted by Gasteiger charge is 2.12. The first kappa shape index (κ1) is 20.5. The average molecular weight is 396 g/mol. The number of benzene rings is 1. The predicted octanol–water partition coefficient (Wildman–Crippen LogP) is 3.26. The zero-order valence-corrected chi connectivity index (χ0v) is 16.7. The van der Waals surface area contributed by atoms with Gasteiger partial charge in [0.05, 0.1) is 24.3 Å². The number of hydrogen-bond acceptors (Lipinski definition) is 7. The molecule has 0 atom stereocenters. The van der Waals surface area contributed by atoms with Crippen LogP contribution in [0.3, 0.4) is 0 Å². The maximum atomic E-state index is 12.3. The number of carbonyl (C=O) groups is 1. The number of amides is 1. The number of ether oxygens (including phenoxy) is 2. The molecule has 1 amide bonds. The Morgan fingerprint density at radius 3 is 2.59 bits per heavy atom. The highest BCUT2D eigenvalue weighted by atomic mass is 16.5. The zero-order chi connectivity index (χ0) is 20.7. The van der Waals surface area contributed by atoms with Gasteiger partial charge in [-0.3, -0.25) is 4.79 Å². The van der Waals surface area contributed by atoms with Gasteiger partial charge in [-0.1, -0.05) is 35.5 Å². The second kappa shape index (κ2) is 9.29. The van der Waals surface area contributed by atoms with Crippen LogP contribution in [-0.2, 0) is 11.3 Å². The average Bonchev–Trinajstić information content (AvgIpc) is 3.19. The monoisotopic (exact) mass is 396 g/mol. The summed E-state index contributed by atoms with van der Waals surface area (Å²) in [7, 11) is 0. The number of hydrogen-bond donors (Lipinski definition) is 1. The van der Waals surface area contributed by atoms with Gasteiger partial charge >= 0.3 is 0 Å². The van der Waals surface area contributed by atoms with E-state index in [1.54, 1.807) is 12.1 Å². The summed E-state index contributed by atoms with van der Waals surface area (Å²) in [4.78, 5) is 20.7. The molecule has 1 aromatic carbocycles. The second-order valence-corrected chi connectivity index (χ2v) is 7.25. The first-order valence-electron chi connectivity index (χ1n) is 9.30. The van der Waals surface area contributed by atoms with E-state index in [0.717, 1.165) is 5.56 Å². The van der Waals surface area contributed by atoms with Crippen LogP contribution in [0.15, 0.2) is 53.2 Å². The zero-order valence-electron chi connectivity index (χ0n) is 16.7.